The average molecular weight is 460 g/mol. The Hall–Kier alpha value is -3.67. The van der Waals surface area contributed by atoms with E-state index in [2.05, 4.69) is 10.4 Å². The highest BCUT2D eigenvalue weighted by atomic mass is 35.5. The molecule has 0 atom stereocenters. The minimum atomic E-state index is -0.753. The van der Waals surface area contributed by atoms with Crippen molar-refractivity contribution in [2.75, 3.05) is 31.7 Å². The smallest absolute Gasteiger partial charge is 0.285 e. The molecular formula is C20H18ClN5O6. The van der Waals surface area contributed by atoms with Crippen molar-refractivity contribution in [3.05, 3.63) is 67.7 Å². The lowest BCUT2D eigenvalue weighted by molar-refractivity contribution is -0.393. The molecule has 3 N–H and O–H groups in total. The summed E-state index contributed by atoms with van der Waals surface area (Å²) in [5.74, 6) is 0. The topological polar surface area (TPSA) is 164 Å². The van der Waals surface area contributed by atoms with Gasteiger partial charge in [0.05, 0.1) is 52.0 Å². The molecule has 12 heteroatoms. The lowest BCUT2D eigenvalue weighted by Crippen LogP contribution is -2.11. The maximum Gasteiger partial charge on any atom is 0.285 e. The van der Waals surface area contributed by atoms with Crippen LogP contribution in [0, 0.1) is 25.8 Å². The lowest BCUT2D eigenvalue weighted by Gasteiger charge is -2.16. The minimum absolute atomic E-state index is 0.00111. The molecule has 11 nitrogen and oxygen atoms in total. The van der Waals surface area contributed by atoms with Crippen LogP contribution in [0.5, 0.6) is 0 Å². The van der Waals surface area contributed by atoms with Gasteiger partial charge in [-0.25, -0.2) is 5.53 Å². The van der Waals surface area contributed by atoms with Crippen molar-refractivity contribution in [2.45, 2.75) is 0 Å². The third-order valence-electron chi connectivity index (χ3n) is 4.66. The van der Waals surface area contributed by atoms with Crippen molar-refractivity contribution in [1.29, 1.82) is 5.53 Å². The molecule has 0 aliphatic heterocycles. The van der Waals surface area contributed by atoms with E-state index in [1.54, 1.807) is 24.3 Å². The van der Waals surface area contributed by atoms with Crippen LogP contribution in [0.2, 0.25) is 5.02 Å². The van der Waals surface area contributed by atoms with Crippen LogP contribution in [0.3, 0.4) is 0 Å². The Morgan fingerprint density at radius 2 is 1.81 bits per heavy atom. The Morgan fingerprint density at radius 1 is 1.09 bits per heavy atom. The van der Waals surface area contributed by atoms with E-state index in [9.17, 15) is 20.2 Å². The second-order valence-corrected chi connectivity index (χ2v) is 6.98. The number of aliphatic hydroxyl groups excluding tert-OH is 1. The van der Waals surface area contributed by atoms with Crippen LogP contribution >= 0.6 is 11.6 Å². The Morgan fingerprint density at radius 3 is 2.44 bits per heavy atom. The molecule has 0 spiro atoms. The summed E-state index contributed by atoms with van der Waals surface area (Å²) in [4.78, 5) is 21.4. The van der Waals surface area contributed by atoms with Gasteiger partial charge >= 0.3 is 0 Å². The number of fused-ring (bicyclic) bond motifs is 1. The monoisotopic (exact) mass is 459 g/mol. The number of hydrogen-bond acceptors (Lipinski definition) is 9. The second kappa shape index (κ2) is 10.1. The molecule has 0 aromatic heterocycles. The van der Waals surface area contributed by atoms with Crippen molar-refractivity contribution in [3.8, 4) is 11.1 Å². The van der Waals surface area contributed by atoms with Gasteiger partial charge in [-0.05, 0) is 11.5 Å². The summed E-state index contributed by atoms with van der Waals surface area (Å²) in [5.41, 5.74) is 7.63. The summed E-state index contributed by atoms with van der Waals surface area (Å²) < 4.78 is 5.23. The number of hydrogen-bond donors (Lipinski definition) is 3. The van der Waals surface area contributed by atoms with Crippen LogP contribution in [-0.4, -0.2) is 41.3 Å². The number of nitrogens with one attached hydrogen (secondary N) is 2. The fourth-order valence-electron chi connectivity index (χ4n) is 3.35. The molecule has 0 saturated carbocycles. The number of nitro groups is 2. The molecule has 0 saturated heterocycles. The number of nitro benzene ring substituents is 2. The lowest BCUT2D eigenvalue weighted by atomic mass is 9.94. The van der Waals surface area contributed by atoms with Gasteiger partial charge in [0.1, 0.15) is 5.69 Å². The highest BCUT2D eigenvalue weighted by molar-refractivity contribution is 6.35. The number of nitrogens with zero attached hydrogens (tertiary/aromatic N) is 3. The Labute approximate surface area is 186 Å². The standard InChI is InChI=1S/C20H18ClN5O6/c21-16-9-12(25(28)29)10-18(26(30)31)19(16)15-11-17(24-22)20(23-5-7-32-8-6-27)14-4-2-1-3-13(14)15/h1-4,9-11,22-23,27H,5-8H2. The molecule has 3 aromatic carbocycles. The van der Waals surface area contributed by atoms with Crippen LogP contribution in [-0.2, 0) is 4.74 Å². The Balaban J connectivity index is 2.21. The van der Waals surface area contributed by atoms with Crippen LogP contribution < -0.4 is 5.32 Å². The van der Waals surface area contributed by atoms with Gasteiger partial charge in [0.15, 0.2) is 0 Å². The fraction of sp³-hybridized carbons (Fsp3) is 0.200. The minimum Gasteiger partial charge on any atom is -0.394 e. The third kappa shape index (κ3) is 4.64. The first-order valence-electron chi connectivity index (χ1n) is 9.37. The van der Waals surface area contributed by atoms with E-state index in [0.29, 0.717) is 35.2 Å². The predicted octanol–water partition coefficient (Wildman–Crippen LogP) is 5.06. The Kier molecular flexibility index (Phi) is 7.25. The maximum absolute atomic E-state index is 11.7. The summed E-state index contributed by atoms with van der Waals surface area (Å²) in [5, 5.41) is 39.4. The summed E-state index contributed by atoms with van der Waals surface area (Å²) in [6.07, 6.45) is 0. The van der Waals surface area contributed by atoms with Crippen LogP contribution in [0.1, 0.15) is 0 Å². The summed E-state index contributed by atoms with van der Waals surface area (Å²) >= 11 is 6.29. The number of anilines is 1. The Bertz CT molecular complexity index is 1200. The molecule has 0 aliphatic carbocycles. The highest BCUT2D eigenvalue weighted by Crippen LogP contribution is 2.46. The summed E-state index contributed by atoms with van der Waals surface area (Å²) in [6, 6.07) is 10.4. The van der Waals surface area contributed by atoms with E-state index in [1.165, 1.54) is 6.07 Å². The van der Waals surface area contributed by atoms with Crippen molar-refractivity contribution >= 4 is 45.1 Å². The molecule has 0 unspecified atom stereocenters. The average Bonchev–Trinajstić information content (AvgIpc) is 2.78. The molecule has 0 amide bonds. The second-order valence-electron chi connectivity index (χ2n) is 6.57. The van der Waals surface area contributed by atoms with Gasteiger partial charge < -0.3 is 15.2 Å². The zero-order valence-electron chi connectivity index (χ0n) is 16.6. The normalized spacial score (nSPS) is 10.8. The SMILES string of the molecule is N=Nc1cc(-c2c(Cl)cc([N+](=O)[O-])cc2[N+](=O)[O-])c2ccccc2c1NCCOCCO. The molecule has 3 aromatic rings. The number of aliphatic hydroxyl groups is 1. The van der Waals surface area contributed by atoms with Gasteiger partial charge in [0.25, 0.3) is 11.4 Å². The largest absolute Gasteiger partial charge is 0.394 e. The molecule has 32 heavy (non-hydrogen) atoms. The molecule has 0 fully saturated rings. The van der Waals surface area contributed by atoms with E-state index in [1.807, 2.05) is 0 Å². The van der Waals surface area contributed by atoms with E-state index in [-0.39, 0.29) is 29.5 Å². The fourth-order valence-corrected chi connectivity index (χ4v) is 3.66. The molecule has 0 heterocycles. The molecule has 166 valence electrons. The van der Waals surface area contributed by atoms with Gasteiger partial charge in [-0.15, -0.1) is 0 Å². The first-order chi connectivity index (χ1) is 15.4. The van der Waals surface area contributed by atoms with Crippen LogP contribution in [0.4, 0.5) is 22.7 Å². The van der Waals surface area contributed by atoms with Gasteiger partial charge in [-0.3, -0.25) is 20.2 Å². The molecule has 0 aliphatic rings. The van der Waals surface area contributed by atoms with Crippen molar-refractivity contribution in [2.24, 2.45) is 5.11 Å². The zero-order chi connectivity index (χ0) is 23.3. The van der Waals surface area contributed by atoms with Crippen LogP contribution in [0.25, 0.3) is 21.9 Å². The molecule has 0 radical (unpaired) electrons. The van der Waals surface area contributed by atoms with Gasteiger partial charge in [0, 0.05) is 23.6 Å². The number of benzene rings is 3. The highest BCUT2D eigenvalue weighted by Gasteiger charge is 2.27. The molecule has 3 rings (SSSR count). The van der Waals surface area contributed by atoms with E-state index in [4.69, 9.17) is 27.0 Å². The summed E-state index contributed by atoms with van der Waals surface area (Å²) in [6.45, 7) is 0.761. The quantitative estimate of drug-likeness (QED) is 0.165. The van der Waals surface area contributed by atoms with Gasteiger partial charge in [0.2, 0.25) is 0 Å². The summed E-state index contributed by atoms with van der Waals surface area (Å²) in [7, 11) is 0. The first-order valence-corrected chi connectivity index (χ1v) is 9.75. The molecule has 0 bridgehead atoms. The van der Waals surface area contributed by atoms with Crippen molar-refractivity contribution in [1.82, 2.24) is 0 Å². The molecular weight excluding hydrogens is 442 g/mol. The van der Waals surface area contributed by atoms with E-state index in [0.717, 1.165) is 12.1 Å². The zero-order valence-corrected chi connectivity index (χ0v) is 17.3. The van der Waals surface area contributed by atoms with E-state index < -0.39 is 21.2 Å². The maximum atomic E-state index is 11.7. The van der Waals surface area contributed by atoms with Gasteiger partial charge in [-0.2, -0.15) is 5.11 Å². The van der Waals surface area contributed by atoms with Crippen molar-refractivity contribution in [3.63, 3.8) is 0 Å². The first kappa shape index (κ1) is 23.0. The number of non-ortho nitro benzene ring substituents is 1. The number of ether oxygens (including phenoxy) is 1. The number of rotatable bonds is 10. The van der Waals surface area contributed by atoms with Gasteiger partial charge in [-0.1, -0.05) is 35.9 Å². The third-order valence-corrected chi connectivity index (χ3v) is 4.96. The number of halogens is 1. The van der Waals surface area contributed by atoms with E-state index >= 15 is 0 Å². The van der Waals surface area contributed by atoms with Crippen molar-refractivity contribution < 1.29 is 19.7 Å². The predicted molar refractivity (Wildman–Crippen MR) is 119 cm³/mol. The van der Waals surface area contributed by atoms with Crippen LogP contribution in [0.15, 0.2) is 47.6 Å².